The summed E-state index contributed by atoms with van der Waals surface area (Å²) in [5.41, 5.74) is 2.25. The number of phenolic OH excluding ortho intramolecular Hbond substituents is 1. The summed E-state index contributed by atoms with van der Waals surface area (Å²) in [6.07, 6.45) is -1.35. The van der Waals surface area contributed by atoms with Crippen molar-refractivity contribution in [3.63, 3.8) is 0 Å². The van der Waals surface area contributed by atoms with Gasteiger partial charge in [0.15, 0.2) is 5.82 Å². The van der Waals surface area contributed by atoms with Gasteiger partial charge in [-0.1, -0.05) is 32.0 Å². The molecule has 0 bridgehead atoms. The van der Waals surface area contributed by atoms with Gasteiger partial charge < -0.3 is 20.0 Å². The second-order valence-corrected chi connectivity index (χ2v) is 10.8. The molecule has 5 rings (SSSR count). The number of aromatic hydroxyl groups is 1. The lowest BCUT2D eigenvalue weighted by Gasteiger charge is -2.39. The third-order valence-electron chi connectivity index (χ3n) is 6.59. The summed E-state index contributed by atoms with van der Waals surface area (Å²) in [7, 11) is -4.49. The summed E-state index contributed by atoms with van der Waals surface area (Å²) >= 11 is 0. The lowest BCUT2D eigenvalue weighted by atomic mass is 9.97. The van der Waals surface area contributed by atoms with E-state index in [-0.39, 0.29) is 18.8 Å². The molecule has 3 aromatic rings. The van der Waals surface area contributed by atoms with E-state index in [2.05, 4.69) is 4.98 Å². The average molecular weight is 529 g/mol. The molecule has 12 heteroatoms. The number of fused-ring (bicyclic) bond motifs is 1. The summed E-state index contributed by atoms with van der Waals surface area (Å²) in [4.78, 5) is 26.1. The number of hydrogen-bond donors (Lipinski definition) is 2. The van der Waals surface area contributed by atoms with Gasteiger partial charge in [0.05, 0.1) is 11.1 Å². The Bertz CT molecular complexity index is 1470. The number of phenols is 1. The van der Waals surface area contributed by atoms with Crippen molar-refractivity contribution in [1.29, 1.82) is 0 Å². The first-order valence-corrected chi connectivity index (χ1v) is 13.3. The number of nitrogens with zero attached hydrogens (tertiary/aromatic N) is 4. The molecule has 2 N–H and O–H groups in total. The van der Waals surface area contributed by atoms with Crippen molar-refractivity contribution in [2.24, 2.45) is 5.92 Å². The average Bonchev–Trinajstić information content (AvgIpc) is 3.13. The Morgan fingerprint density at radius 1 is 1.11 bits per heavy atom. The molecular weight excluding hydrogens is 500 g/mol. The van der Waals surface area contributed by atoms with Crippen LogP contribution in [-0.2, 0) is 23.6 Å². The molecule has 11 nitrogen and oxygen atoms in total. The van der Waals surface area contributed by atoms with Crippen LogP contribution in [-0.4, -0.2) is 77.5 Å². The van der Waals surface area contributed by atoms with E-state index in [1.54, 1.807) is 38.1 Å². The predicted octanol–water partition coefficient (Wildman–Crippen LogP) is 1.96. The molecule has 196 valence electrons. The lowest BCUT2D eigenvalue weighted by molar-refractivity contribution is -0.198. The van der Waals surface area contributed by atoms with Gasteiger partial charge in [-0.3, -0.25) is 4.79 Å². The maximum absolute atomic E-state index is 13.2. The lowest BCUT2D eigenvalue weighted by Crippen LogP contribution is -2.60. The molecule has 0 spiro atoms. The fraction of sp³-hybridized carbons (Fsp3) is 0.400. The predicted molar refractivity (Wildman–Crippen MR) is 135 cm³/mol. The van der Waals surface area contributed by atoms with Crippen molar-refractivity contribution in [1.82, 2.24) is 14.9 Å². The van der Waals surface area contributed by atoms with Gasteiger partial charge in [0, 0.05) is 31.6 Å². The standard InChI is InChI=1S/C25H28N4O7S/c1-15(2)21-25(32,36-37(33,34)35-21)24(31)29-12-10-28(11-13-29)23-17-9-8-16(3)14-19(17)26-22(27-23)18-6-4-5-7-20(18)30/h4-9,14-15,21,30,32H,10-13H2,1-3H3/t21?,25-/m1/s1. The number of aliphatic hydroxyl groups is 1. The Morgan fingerprint density at radius 3 is 2.49 bits per heavy atom. The topological polar surface area (TPSA) is 142 Å². The van der Waals surface area contributed by atoms with Crippen LogP contribution in [0.1, 0.15) is 19.4 Å². The molecule has 1 aromatic heterocycles. The van der Waals surface area contributed by atoms with Gasteiger partial charge in [-0.25, -0.2) is 18.3 Å². The number of hydrogen-bond acceptors (Lipinski definition) is 10. The number of carbonyl (C=O) groups is 1. The zero-order chi connectivity index (χ0) is 26.5. The van der Waals surface area contributed by atoms with Crippen molar-refractivity contribution in [2.75, 3.05) is 31.1 Å². The molecule has 0 aliphatic carbocycles. The van der Waals surface area contributed by atoms with Crippen LogP contribution in [0, 0.1) is 12.8 Å². The number of benzene rings is 2. The Hall–Kier alpha value is -3.32. The Balaban J connectivity index is 1.43. The molecular formula is C25H28N4O7S. The van der Waals surface area contributed by atoms with E-state index in [9.17, 15) is 23.4 Å². The zero-order valence-corrected chi connectivity index (χ0v) is 21.5. The summed E-state index contributed by atoms with van der Waals surface area (Å²) in [5, 5.41) is 22.1. The Kier molecular flexibility index (Phi) is 6.31. The second-order valence-electron chi connectivity index (χ2n) is 9.64. The molecule has 0 saturated carbocycles. The van der Waals surface area contributed by atoms with Crippen molar-refractivity contribution < 1.29 is 31.8 Å². The SMILES string of the molecule is Cc1ccc2c(N3CCN(C(=O)[C@]4(O)OS(=O)(=O)OC4C(C)C)CC3)nc(-c3ccccc3O)nc2c1. The molecule has 37 heavy (non-hydrogen) atoms. The highest BCUT2D eigenvalue weighted by Gasteiger charge is 2.60. The highest BCUT2D eigenvalue weighted by molar-refractivity contribution is 7.82. The minimum Gasteiger partial charge on any atom is -0.507 e. The third kappa shape index (κ3) is 4.61. The molecule has 2 aliphatic heterocycles. The maximum atomic E-state index is 13.2. The molecule has 1 amide bonds. The van der Waals surface area contributed by atoms with Crippen LogP contribution in [0.5, 0.6) is 5.75 Å². The van der Waals surface area contributed by atoms with Crippen LogP contribution in [0.2, 0.25) is 0 Å². The van der Waals surface area contributed by atoms with Crippen molar-refractivity contribution in [3.05, 3.63) is 48.0 Å². The zero-order valence-electron chi connectivity index (χ0n) is 20.7. The molecule has 2 saturated heterocycles. The maximum Gasteiger partial charge on any atom is 0.403 e. The summed E-state index contributed by atoms with van der Waals surface area (Å²) in [6, 6.07) is 12.7. The van der Waals surface area contributed by atoms with Gasteiger partial charge in [0.1, 0.15) is 17.7 Å². The van der Waals surface area contributed by atoms with Gasteiger partial charge in [0.25, 0.3) is 11.7 Å². The van der Waals surface area contributed by atoms with Crippen LogP contribution in [0.3, 0.4) is 0 Å². The number of para-hydroxylation sites is 1. The van der Waals surface area contributed by atoms with E-state index in [1.807, 2.05) is 30.0 Å². The van der Waals surface area contributed by atoms with Gasteiger partial charge in [-0.15, -0.1) is 0 Å². The van der Waals surface area contributed by atoms with E-state index in [0.29, 0.717) is 30.3 Å². The third-order valence-corrected chi connectivity index (χ3v) is 7.49. The quantitative estimate of drug-likeness (QED) is 0.516. The molecule has 1 unspecified atom stereocenters. The minimum absolute atomic E-state index is 0.0672. The van der Waals surface area contributed by atoms with E-state index >= 15 is 0 Å². The normalized spacial score (nSPS) is 23.6. The summed E-state index contributed by atoms with van der Waals surface area (Å²) in [5.74, 6) is -2.87. The van der Waals surface area contributed by atoms with Gasteiger partial charge in [0.2, 0.25) is 0 Å². The van der Waals surface area contributed by atoms with Crippen LogP contribution >= 0.6 is 0 Å². The number of aromatic nitrogens is 2. The van der Waals surface area contributed by atoms with Gasteiger partial charge in [-0.2, -0.15) is 8.42 Å². The van der Waals surface area contributed by atoms with E-state index < -0.39 is 34.1 Å². The largest absolute Gasteiger partial charge is 0.507 e. The van der Waals surface area contributed by atoms with Crippen molar-refractivity contribution >= 4 is 33.0 Å². The number of amides is 1. The van der Waals surface area contributed by atoms with Crippen LogP contribution in [0.4, 0.5) is 5.82 Å². The molecule has 2 aromatic carbocycles. The first-order valence-electron chi connectivity index (χ1n) is 12.0. The first kappa shape index (κ1) is 25.3. The fourth-order valence-electron chi connectivity index (χ4n) is 4.73. The number of anilines is 1. The molecule has 3 heterocycles. The number of piperazine rings is 1. The van der Waals surface area contributed by atoms with Gasteiger partial charge in [-0.05, 0) is 42.7 Å². The first-order chi connectivity index (χ1) is 17.5. The van der Waals surface area contributed by atoms with E-state index in [1.165, 1.54) is 4.90 Å². The number of rotatable bonds is 4. The van der Waals surface area contributed by atoms with Crippen molar-refractivity contribution in [3.8, 4) is 17.1 Å². The van der Waals surface area contributed by atoms with E-state index in [4.69, 9.17) is 13.4 Å². The molecule has 2 aliphatic rings. The van der Waals surface area contributed by atoms with Crippen molar-refractivity contribution in [2.45, 2.75) is 32.7 Å². The highest BCUT2D eigenvalue weighted by Crippen LogP contribution is 2.36. The molecule has 0 radical (unpaired) electrons. The van der Waals surface area contributed by atoms with Crippen LogP contribution < -0.4 is 4.90 Å². The van der Waals surface area contributed by atoms with E-state index in [0.717, 1.165) is 16.5 Å². The summed E-state index contributed by atoms with van der Waals surface area (Å²) < 4.78 is 33.4. The number of carbonyl (C=O) groups excluding carboxylic acids is 1. The Morgan fingerprint density at radius 2 is 1.81 bits per heavy atom. The molecule has 2 fully saturated rings. The second kappa shape index (κ2) is 9.21. The summed E-state index contributed by atoms with van der Waals surface area (Å²) in [6.45, 7) is 6.35. The van der Waals surface area contributed by atoms with Crippen LogP contribution in [0.15, 0.2) is 42.5 Å². The fourth-order valence-corrected chi connectivity index (χ4v) is 5.85. The van der Waals surface area contributed by atoms with Crippen LogP contribution in [0.25, 0.3) is 22.3 Å². The number of aryl methyl sites for hydroxylation is 1. The monoisotopic (exact) mass is 528 g/mol. The minimum atomic E-state index is -4.49. The smallest absolute Gasteiger partial charge is 0.403 e. The molecule has 2 atom stereocenters. The Labute approximate surface area is 214 Å². The highest BCUT2D eigenvalue weighted by atomic mass is 32.3. The van der Waals surface area contributed by atoms with Gasteiger partial charge >= 0.3 is 10.4 Å².